The van der Waals surface area contributed by atoms with Crippen molar-refractivity contribution in [3.63, 3.8) is 0 Å². The van der Waals surface area contributed by atoms with Crippen LogP contribution in [0.5, 0.6) is 0 Å². The summed E-state index contributed by atoms with van der Waals surface area (Å²) in [5.74, 6) is -1.22. The first-order valence-corrected chi connectivity index (χ1v) is 7.79. The molecule has 0 bridgehead atoms. The molecule has 0 fully saturated rings. The Morgan fingerprint density at radius 2 is 1.52 bits per heavy atom. The van der Waals surface area contributed by atoms with Crippen molar-refractivity contribution in [2.75, 3.05) is 0 Å². The molecule has 0 heterocycles. The molecule has 0 aliphatic heterocycles. The molecule has 2 N–H and O–H groups in total. The van der Waals surface area contributed by atoms with Gasteiger partial charge >= 0.3 is 5.97 Å². The van der Waals surface area contributed by atoms with Gasteiger partial charge in [0.25, 0.3) is 0 Å². The molecule has 0 saturated heterocycles. The summed E-state index contributed by atoms with van der Waals surface area (Å²) < 4.78 is 26.1. The molecule has 0 aliphatic rings. The maximum atomic E-state index is 12.0. The summed E-state index contributed by atoms with van der Waals surface area (Å²) >= 11 is 0. The van der Waals surface area contributed by atoms with Crippen molar-refractivity contribution >= 4 is 16.0 Å². The molecule has 1 atom stereocenters. The van der Waals surface area contributed by atoms with Gasteiger partial charge in [-0.1, -0.05) is 42.5 Å². The van der Waals surface area contributed by atoms with Crippen LogP contribution in [0.2, 0.25) is 0 Å². The molecule has 0 aromatic heterocycles. The number of benzene rings is 2. The number of carbonyl (C=O) groups is 1. The van der Waals surface area contributed by atoms with Crippen LogP contribution in [0.25, 0.3) is 11.1 Å². The van der Waals surface area contributed by atoms with Crippen LogP contribution in [-0.2, 0) is 14.8 Å². The lowest BCUT2D eigenvalue weighted by Crippen LogP contribution is -2.38. The summed E-state index contributed by atoms with van der Waals surface area (Å²) in [6, 6.07) is 14.7. The van der Waals surface area contributed by atoms with Crippen LogP contribution < -0.4 is 4.72 Å². The monoisotopic (exact) mass is 305 g/mol. The molecular weight excluding hydrogens is 290 g/mol. The Morgan fingerprint density at radius 3 is 2.05 bits per heavy atom. The highest BCUT2D eigenvalue weighted by molar-refractivity contribution is 7.89. The highest BCUT2D eigenvalue weighted by Crippen LogP contribution is 2.21. The Labute approximate surface area is 123 Å². The van der Waals surface area contributed by atoms with E-state index in [1.807, 2.05) is 30.3 Å². The van der Waals surface area contributed by atoms with Gasteiger partial charge in [0, 0.05) is 0 Å². The molecule has 5 nitrogen and oxygen atoms in total. The normalized spacial score (nSPS) is 12.8. The number of carboxylic acid groups (broad SMARTS) is 1. The van der Waals surface area contributed by atoms with E-state index in [-0.39, 0.29) is 4.90 Å². The summed E-state index contributed by atoms with van der Waals surface area (Å²) in [6.45, 7) is 1.28. The van der Waals surface area contributed by atoms with E-state index in [9.17, 15) is 13.2 Å². The Bertz CT molecular complexity index is 724. The standard InChI is InChI=1S/C15H15NO4S/c1-11(15(17)18)16-21(19,20)14-9-7-13(8-10-14)12-5-3-2-4-6-12/h2-11,16H,1H3,(H,17,18)/t11-/m0/s1. The molecule has 0 unspecified atom stereocenters. The van der Waals surface area contributed by atoms with Crippen molar-refractivity contribution < 1.29 is 18.3 Å². The van der Waals surface area contributed by atoms with Crippen molar-refractivity contribution in [1.29, 1.82) is 0 Å². The predicted octanol–water partition coefficient (Wildman–Crippen LogP) is 2.10. The summed E-state index contributed by atoms with van der Waals surface area (Å²) in [7, 11) is -3.83. The van der Waals surface area contributed by atoms with Crippen LogP contribution in [0.4, 0.5) is 0 Å². The van der Waals surface area contributed by atoms with Crippen LogP contribution >= 0.6 is 0 Å². The zero-order valence-corrected chi connectivity index (χ0v) is 12.2. The van der Waals surface area contributed by atoms with Crippen molar-refractivity contribution in [1.82, 2.24) is 4.72 Å². The largest absolute Gasteiger partial charge is 0.480 e. The smallest absolute Gasteiger partial charge is 0.321 e. The first-order valence-electron chi connectivity index (χ1n) is 6.31. The van der Waals surface area contributed by atoms with Crippen LogP contribution in [0.3, 0.4) is 0 Å². The minimum atomic E-state index is -3.83. The predicted molar refractivity (Wildman–Crippen MR) is 79.3 cm³/mol. The molecule has 0 aliphatic carbocycles. The summed E-state index contributed by atoms with van der Waals surface area (Å²) in [6.07, 6.45) is 0. The zero-order valence-electron chi connectivity index (χ0n) is 11.4. The van der Waals surface area contributed by atoms with Gasteiger partial charge in [-0.3, -0.25) is 4.79 Å². The minimum absolute atomic E-state index is 0.0373. The Kier molecular flexibility index (Phi) is 4.40. The van der Waals surface area contributed by atoms with Gasteiger partial charge in [0.1, 0.15) is 6.04 Å². The molecule has 21 heavy (non-hydrogen) atoms. The molecule has 0 radical (unpaired) electrons. The second-order valence-corrected chi connectivity index (χ2v) is 6.29. The van der Waals surface area contributed by atoms with E-state index in [0.29, 0.717) is 0 Å². The van der Waals surface area contributed by atoms with E-state index >= 15 is 0 Å². The number of sulfonamides is 1. The second kappa shape index (κ2) is 6.07. The second-order valence-electron chi connectivity index (χ2n) is 4.57. The Hall–Kier alpha value is -2.18. The molecular formula is C15H15NO4S. The highest BCUT2D eigenvalue weighted by Gasteiger charge is 2.21. The number of rotatable bonds is 5. The molecule has 2 rings (SSSR count). The van der Waals surface area contributed by atoms with Gasteiger partial charge in [0.05, 0.1) is 4.90 Å². The SMILES string of the molecule is C[C@H](NS(=O)(=O)c1ccc(-c2ccccc2)cc1)C(=O)O. The first-order chi connectivity index (χ1) is 9.90. The minimum Gasteiger partial charge on any atom is -0.480 e. The summed E-state index contributed by atoms with van der Waals surface area (Å²) in [5.41, 5.74) is 1.87. The van der Waals surface area contributed by atoms with Crippen LogP contribution in [0.15, 0.2) is 59.5 Å². The lowest BCUT2D eigenvalue weighted by atomic mass is 10.1. The third kappa shape index (κ3) is 3.68. The summed E-state index contributed by atoms with van der Waals surface area (Å²) in [5, 5.41) is 8.76. The average Bonchev–Trinajstić information content (AvgIpc) is 2.48. The van der Waals surface area contributed by atoms with Gasteiger partial charge in [-0.05, 0) is 30.2 Å². The first kappa shape index (κ1) is 15.2. The van der Waals surface area contributed by atoms with Crippen molar-refractivity contribution in [3.05, 3.63) is 54.6 Å². The number of hydrogen-bond acceptors (Lipinski definition) is 3. The number of hydrogen-bond donors (Lipinski definition) is 2. The molecule has 6 heteroatoms. The fraction of sp³-hybridized carbons (Fsp3) is 0.133. The molecule has 2 aromatic rings. The fourth-order valence-corrected chi connectivity index (χ4v) is 3.01. The third-order valence-corrected chi connectivity index (χ3v) is 4.53. The quantitative estimate of drug-likeness (QED) is 0.886. The van der Waals surface area contributed by atoms with E-state index in [2.05, 4.69) is 4.72 Å². The van der Waals surface area contributed by atoms with Crippen LogP contribution in [-0.4, -0.2) is 25.5 Å². The van der Waals surface area contributed by atoms with Crippen LogP contribution in [0, 0.1) is 0 Å². The van der Waals surface area contributed by atoms with Gasteiger partial charge < -0.3 is 5.11 Å². The van der Waals surface area contributed by atoms with E-state index in [4.69, 9.17) is 5.11 Å². The highest BCUT2D eigenvalue weighted by atomic mass is 32.2. The lowest BCUT2D eigenvalue weighted by Gasteiger charge is -2.10. The number of carboxylic acids is 1. The van der Waals surface area contributed by atoms with Crippen molar-refractivity contribution in [2.45, 2.75) is 17.9 Å². The maximum absolute atomic E-state index is 12.0. The molecule has 0 amide bonds. The Morgan fingerprint density at radius 1 is 1.00 bits per heavy atom. The molecule has 0 spiro atoms. The lowest BCUT2D eigenvalue weighted by molar-refractivity contribution is -0.138. The molecule has 2 aromatic carbocycles. The van der Waals surface area contributed by atoms with Gasteiger partial charge in [0.15, 0.2) is 0 Å². The molecule has 110 valence electrons. The average molecular weight is 305 g/mol. The third-order valence-electron chi connectivity index (χ3n) is 2.97. The van der Waals surface area contributed by atoms with Crippen LogP contribution in [0.1, 0.15) is 6.92 Å². The van der Waals surface area contributed by atoms with Gasteiger partial charge in [-0.2, -0.15) is 4.72 Å². The Balaban J connectivity index is 2.25. The summed E-state index contributed by atoms with van der Waals surface area (Å²) in [4.78, 5) is 10.8. The van der Waals surface area contributed by atoms with E-state index < -0.39 is 22.0 Å². The van der Waals surface area contributed by atoms with E-state index in [1.54, 1.807) is 12.1 Å². The van der Waals surface area contributed by atoms with Crippen molar-refractivity contribution in [3.8, 4) is 11.1 Å². The maximum Gasteiger partial charge on any atom is 0.321 e. The topological polar surface area (TPSA) is 83.5 Å². The number of aliphatic carboxylic acids is 1. The van der Waals surface area contributed by atoms with Gasteiger partial charge in [0.2, 0.25) is 10.0 Å². The van der Waals surface area contributed by atoms with Gasteiger partial charge in [-0.25, -0.2) is 8.42 Å². The van der Waals surface area contributed by atoms with E-state index in [1.165, 1.54) is 19.1 Å². The molecule has 0 saturated carbocycles. The number of nitrogens with one attached hydrogen (secondary N) is 1. The van der Waals surface area contributed by atoms with E-state index in [0.717, 1.165) is 11.1 Å². The van der Waals surface area contributed by atoms with Gasteiger partial charge in [-0.15, -0.1) is 0 Å². The van der Waals surface area contributed by atoms with Crippen molar-refractivity contribution in [2.24, 2.45) is 0 Å². The zero-order chi connectivity index (χ0) is 15.5. The fourth-order valence-electron chi connectivity index (χ4n) is 1.81.